The Bertz CT molecular complexity index is 762. The van der Waals surface area contributed by atoms with Crippen LogP contribution in [0.15, 0.2) is 48.8 Å². The number of halogens is 1. The normalized spacial score (nSPS) is 10.3. The molecule has 0 fully saturated rings. The molecule has 2 aromatic heterocycles. The van der Waals surface area contributed by atoms with Crippen molar-refractivity contribution in [3.63, 3.8) is 0 Å². The molecule has 0 bridgehead atoms. The molecule has 21 heavy (non-hydrogen) atoms. The predicted octanol–water partition coefficient (Wildman–Crippen LogP) is 2.40. The molecule has 0 saturated heterocycles. The molecule has 0 aliphatic heterocycles. The van der Waals surface area contributed by atoms with Crippen LogP contribution in [-0.4, -0.2) is 19.9 Å². The molecule has 0 amide bonds. The topological polar surface area (TPSA) is 89.6 Å². The Morgan fingerprint density at radius 1 is 1.00 bits per heavy atom. The van der Waals surface area contributed by atoms with Crippen LogP contribution in [0.25, 0.3) is 11.4 Å². The van der Waals surface area contributed by atoms with E-state index in [4.69, 9.17) is 5.73 Å². The lowest BCUT2D eigenvalue weighted by Gasteiger charge is -2.07. The van der Waals surface area contributed by atoms with Crippen molar-refractivity contribution in [3.8, 4) is 11.4 Å². The number of anilines is 3. The van der Waals surface area contributed by atoms with Gasteiger partial charge in [0.15, 0.2) is 5.82 Å². The van der Waals surface area contributed by atoms with Gasteiger partial charge in [0.2, 0.25) is 11.9 Å². The highest BCUT2D eigenvalue weighted by molar-refractivity contribution is 5.60. The van der Waals surface area contributed by atoms with Crippen molar-refractivity contribution in [1.29, 1.82) is 0 Å². The number of nitrogens with one attached hydrogen (secondary N) is 1. The molecule has 0 saturated carbocycles. The van der Waals surface area contributed by atoms with E-state index in [1.807, 2.05) is 30.3 Å². The van der Waals surface area contributed by atoms with Crippen LogP contribution in [0, 0.1) is 5.82 Å². The largest absolute Gasteiger partial charge is 0.368 e. The Hall–Kier alpha value is -3.09. The lowest BCUT2D eigenvalue weighted by atomic mass is 10.2. The van der Waals surface area contributed by atoms with Crippen LogP contribution in [0.1, 0.15) is 0 Å². The first kappa shape index (κ1) is 12.9. The van der Waals surface area contributed by atoms with Gasteiger partial charge in [0, 0.05) is 11.6 Å². The second-order valence-electron chi connectivity index (χ2n) is 4.22. The van der Waals surface area contributed by atoms with E-state index < -0.39 is 5.82 Å². The van der Waals surface area contributed by atoms with Gasteiger partial charge < -0.3 is 11.1 Å². The summed E-state index contributed by atoms with van der Waals surface area (Å²) in [5.74, 6) is 0.296. The summed E-state index contributed by atoms with van der Waals surface area (Å²) in [5, 5.41) is 2.85. The Morgan fingerprint density at radius 3 is 2.57 bits per heavy atom. The monoisotopic (exact) mass is 282 g/mol. The maximum atomic E-state index is 13.1. The fourth-order valence-corrected chi connectivity index (χ4v) is 1.77. The molecule has 6 nitrogen and oxygen atoms in total. The van der Waals surface area contributed by atoms with E-state index in [9.17, 15) is 4.39 Å². The summed E-state index contributed by atoms with van der Waals surface area (Å²) in [6, 6.07) is 10.7. The molecule has 0 spiro atoms. The van der Waals surface area contributed by atoms with Crippen molar-refractivity contribution in [2.24, 2.45) is 0 Å². The zero-order valence-corrected chi connectivity index (χ0v) is 10.9. The maximum absolute atomic E-state index is 13.1. The average molecular weight is 282 g/mol. The van der Waals surface area contributed by atoms with E-state index in [1.54, 1.807) is 0 Å². The number of hydrogen-bond acceptors (Lipinski definition) is 6. The molecule has 0 aliphatic carbocycles. The van der Waals surface area contributed by atoms with Crippen LogP contribution in [0.4, 0.5) is 22.0 Å². The second kappa shape index (κ2) is 5.49. The van der Waals surface area contributed by atoms with Gasteiger partial charge in [-0.05, 0) is 0 Å². The van der Waals surface area contributed by atoms with Crippen LogP contribution in [0.3, 0.4) is 0 Å². The molecule has 7 heteroatoms. The summed E-state index contributed by atoms with van der Waals surface area (Å²) in [5.41, 5.74) is 6.93. The summed E-state index contributed by atoms with van der Waals surface area (Å²) in [6.07, 6.45) is 2.58. The van der Waals surface area contributed by atoms with Gasteiger partial charge in [-0.25, -0.2) is 4.39 Å². The highest BCUT2D eigenvalue weighted by Crippen LogP contribution is 2.18. The first-order valence-corrected chi connectivity index (χ1v) is 6.15. The Balaban J connectivity index is 1.95. The molecule has 2 heterocycles. The first-order valence-electron chi connectivity index (χ1n) is 6.15. The summed E-state index contributed by atoms with van der Waals surface area (Å²) in [7, 11) is 0. The Kier molecular flexibility index (Phi) is 3.38. The van der Waals surface area contributed by atoms with Crippen molar-refractivity contribution in [2.45, 2.75) is 0 Å². The molecular formula is C14H11FN6. The SMILES string of the molecule is Nc1nc(Nc2cncc(F)c2)nc(-c2ccccc2)n1. The third-order valence-electron chi connectivity index (χ3n) is 2.65. The van der Waals surface area contributed by atoms with E-state index in [2.05, 4.69) is 25.3 Å². The molecule has 104 valence electrons. The van der Waals surface area contributed by atoms with Gasteiger partial charge in [0.1, 0.15) is 5.82 Å². The van der Waals surface area contributed by atoms with Crippen molar-refractivity contribution in [3.05, 3.63) is 54.6 Å². The number of benzene rings is 1. The minimum Gasteiger partial charge on any atom is -0.368 e. The molecular weight excluding hydrogens is 271 g/mol. The Labute approximate surface area is 119 Å². The summed E-state index contributed by atoms with van der Waals surface area (Å²) < 4.78 is 13.1. The molecule has 0 unspecified atom stereocenters. The van der Waals surface area contributed by atoms with Gasteiger partial charge in [0.25, 0.3) is 0 Å². The smallest absolute Gasteiger partial charge is 0.232 e. The molecule has 3 rings (SSSR count). The third kappa shape index (κ3) is 3.08. The lowest BCUT2D eigenvalue weighted by Crippen LogP contribution is -2.05. The lowest BCUT2D eigenvalue weighted by molar-refractivity contribution is 0.622. The Morgan fingerprint density at radius 2 is 1.81 bits per heavy atom. The third-order valence-corrected chi connectivity index (χ3v) is 2.65. The van der Waals surface area contributed by atoms with Crippen LogP contribution in [0.5, 0.6) is 0 Å². The molecule has 3 aromatic rings. The fourth-order valence-electron chi connectivity index (χ4n) is 1.77. The minimum atomic E-state index is -0.453. The number of rotatable bonds is 3. The van der Waals surface area contributed by atoms with Crippen LogP contribution >= 0.6 is 0 Å². The van der Waals surface area contributed by atoms with Crippen LogP contribution in [0.2, 0.25) is 0 Å². The molecule has 0 radical (unpaired) electrons. The van der Waals surface area contributed by atoms with Gasteiger partial charge in [-0.2, -0.15) is 15.0 Å². The first-order chi connectivity index (χ1) is 10.2. The van der Waals surface area contributed by atoms with E-state index in [-0.39, 0.29) is 11.9 Å². The second-order valence-corrected chi connectivity index (χ2v) is 4.22. The number of nitrogens with zero attached hydrogens (tertiary/aromatic N) is 4. The molecule has 0 atom stereocenters. The number of nitrogen functional groups attached to an aromatic ring is 1. The van der Waals surface area contributed by atoms with Gasteiger partial charge in [-0.3, -0.25) is 4.98 Å². The van der Waals surface area contributed by atoms with Crippen molar-refractivity contribution in [1.82, 2.24) is 19.9 Å². The molecule has 1 aromatic carbocycles. The van der Waals surface area contributed by atoms with E-state index in [0.717, 1.165) is 11.8 Å². The van der Waals surface area contributed by atoms with Crippen molar-refractivity contribution in [2.75, 3.05) is 11.1 Å². The fraction of sp³-hybridized carbons (Fsp3) is 0. The number of hydrogen-bond donors (Lipinski definition) is 2. The van der Waals surface area contributed by atoms with Crippen molar-refractivity contribution >= 4 is 17.6 Å². The molecule has 3 N–H and O–H groups in total. The standard InChI is InChI=1S/C14H11FN6/c15-10-6-11(8-17-7-10)18-14-20-12(19-13(16)21-14)9-4-2-1-3-5-9/h1-8H,(H3,16,18,19,20,21). The zero-order valence-electron chi connectivity index (χ0n) is 10.9. The van der Waals surface area contributed by atoms with E-state index in [0.29, 0.717) is 11.5 Å². The highest BCUT2D eigenvalue weighted by Gasteiger charge is 2.07. The average Bonchev–Trinajstić information content (AvgIpc) is 2.47. The van der Waals surface area contributed by atoms with Crippen molar-refractivity contribution < 1.29 is 4.39 Å². The van der Waals surface area contributed by atoms with Crippen LogP contribution < -0.4 is 11.1 Å². The number of nitrogens with two attached hydrogens (primary N) is 1. The predicted molar refractivity (Wildman–Crippen MR) is 77.2 cm³/mol. The maximum Gasteiger partial charge on any atom is 0.232 e. The quantitative estimate of drug-likeness (QED) is 0.766. The summed E-state index contributed by atoms with van der Waals surface area (Å²) in [6.45, 7) is 0. The summed E-state index contributed by atoms with van der Waals surface area (Å²) in [4.78, 5) is 16.1. The van der Waals surface area contributed by atoms with Gasteiger partial charge in [0.05, 0.1) is 18.1 Å². The molecule has 0 aliphatic rings. The zero-order chi connectivity index (χ0) is 14.7. The highest BCUT2D eigenvalue weighted by atomic mass is 19.1. The minimum absolute atomic E-state index is 0.0794. The van der Waals surface area contributed by atoms with E-state index in [1.165, 1.54) is 12.3 Å². The van der Waals surface area contributed by atoms with Gasteiger partial charge in [-0.15, -0.1) is 0 Å². The number of pyridine rings is 1. The van der Waals surface area contributed by atoms with E-state index >= 15 is 0 Å². The van der Waals surface area contributed by atoms with Gasteiger partial charge in [-0.1, -0.05) is 30.3 Å². The summed E-state index contributed by atoms with van der Waals surface area (Å²) >= 11 is 0. The van der Waals surface area contributed by atoms with Gasteiger partial charge >= 0.3 is 0 Å². The van der Waals surface area contributed by atoms with Crippen LogP contribution in [-0.2, 0) is 0 Å². The number of aromatic nitrogens is 4.